The molecule has 0 rings (SSSR count). The monoisotopic (exact) mass is 242 g/mol. The predicted molar refractivity (Wildman–Crippen MR) is 34.0 cm³/mol. The van der Waals surface area contributed by atoms with Gasteiger partial charge in [-0.05, 0) is 0 Å². The number of hydrogen-bond donors (Lipinski definition) is 2. The Bertz CT molecular complexity index is 365. The van der Waals surface area contributed by atoms with E-state index in [0.717, 1.165) is 0 Å². The summed E-state index contributed by atoms with van der Waals surface area (Å²) in [5, 5.41) is 0. The van der Waals surface area contributed by atoms with Crippen LogP contribution in [-0.4, -0.2) is 37.3 Å². The van der Waals surface area contributed by atoms with Gasteiger partial charge in [0.15, 0.2) is 5.94 Å². The minimum absolute atomic E-state index is 1.94. The third-order valence-corrected chi connectivity index (χ3v) is 1.81. The third-order valence-electron chi connectivity index (χ3n) is 0.676. The highest BCUT2D eigenvalue weighted by Gasteiger charge is 2.47. The van der Waals surface area contributed by atoms with Crippen LogP contribution in [0.3, 0.4) is 0 Å². The summed E-state index contributed by atoms with van der Waals surface area (Å²) in [5.41, 5.74) is -5.07. The van der Waals surface area contributed by atoms with Gasteiger partial charge in [0.05, 0.1) is 0 Å². The number of rotatable bonds is 4. The van der Waals surface area contributed by atoms with Crippen LogP contribution in [0.5, 0.6) is 0 Å². The molecule has 0 unspecified atom stereocenters. The highest BCUT2D eigenvalue weighted by atomic mass is 32.2. The van der Waals surface area contributed by atoms with Gasteiger partial charge in [0.1, 0.15) is 0 Å². The molecular formula is C2H4F2O7S2. The number of hydrogen-bond acceptors (Lipinski definition) is 5. The lowest BCUT2D eigenvalue weighted by atomic mass is 11.4. The third kappa shape index (κ3) is 4.42. The van der Waals surface area contributed by atoms with E-state index in [1.807, 2.05) is 0 Å². The molecule has 0 saturated carbocycles. The number of alkyl halides is 2. The van der Waals surface area contributed by atoms with Gasteiger partial charge in [-0.15, -0.1) is 0 Å². The van der Waals surface area contributed by atoms with Crippen LogP contribution in [0.4, 0.5) is 8.78 Å². The van der Waals surface area contributed by atoms with Crippen LogP contribution < -0.4 is 0 Å². The molecular weight excluding hydrogens is 238 g/mol. The summed E-state index contributed by atoms with van der Waals surface area (Å²) in [7, 11) is -10.8. The first-order chi connectivity index (χ1) is 5.46. The van der Waals surface area contributed by atoms with Crippen molar-refractivity contribution >= 4 is 20.2 Å². The van der Waals surface area contributed by atoms with Gasteiger partial charge in [0.25, 0.3) is 10.1 Å². The van der Waals surface area contributed by atoms with Crippen molar-refractivity contribution in [3.63, 3.8) is 0 Å². The SMILES string of the molecule is O=S(=O)(O)COC(F)(F)S(=O)(=O)O. The highest BCUT2D eigenvalue weighted by Crippen LogP contribution is 2.21. The summed E-state index contributed by atoms with van der Waals surface area (Å²) in [6.45, 7) is 0. The summed E-state index contributed by atoms with van der Waals surface area (Å²) in [6.07, 6.45) is 0. The summed E-state index contributed by atoms with van der Waals surface area (Å²) < 4.78 is 81.8. The number of halogens is 2. The zero-order chi connectivity index (χ0) is 10.9. The molecule has 0 fully saturated rings. The fourth-order valence-corrected chi connectivity index (χ4v) is 0.797. The van der Waals surface area contributed by atoms with Crippen molar-refractivity contribution in [2.45, 2.75) is 5.44 Å². The molecule has 0 aromatic rings. The summed E-state index contributed by atoms with van der Waals surface area (Å²) in [6, 6.07) is 0. The topological polar surface area (TPSA) is 118 Å². The van der Waals surface area contributed by atoms with Gasteiger partial charge in [-0.3, -0.25) is 13.8 Å². The Labute approximate surface area is 71.8 Å². The van der Waals surface area contributed by atoms with E-state index in [4.69, 9.17) is 9.11 Å². The lowest BCUT2D eigenvalue weighted by Gasteiger charge is -2.11. The second-order valence-electron chi connectivity index (χ2n) is 1.78. The Morgan fingerprint density at radius 3 is 1.77 bits per heavy atom. The molecule has 0 amide bonds. The average Bonchev–Trinajstić information content (AvgIpc) is 1.79. The van der Waals surface area contributed by atoms with E-state index in [9.17, 15) is 25.6 Å². The van der Waals surface area contributed by atoms with Crippen LogP contribution in [0.15, 0.2) is 0 Å². The first-order valence-corrected chi connectivity index (χ1v) is 5.44. The van der Waals surface area contributed by atoms with Crippen LogP contribution in [0, 0.1) is 0 Å². The largest absolute Gasteiger partial charge is 0.488 e. The fraction of sp³-hybridized carbons (Fsp3) is 1.00. The van der Waals surface area contributed by atoms with Crippen molar-refractivity contribution in [1.29, 1.82) is 0 Å². The molecule has 0 bridgehead atoms. The van der Waals surface area contributed by atoms with Gasteiger partial charge in [0, 0.05) is 0 Å². The van der Waals surface area contributed by atoms with Crippen LogP contribution >= 0.6 is 0 Å². The zero-order valence-corrected chi connectivity index (χ0v) is 7.35. The van der Waals surface area contributed by atoms with Crippen LogP contribution in [0.1, 0.15) is 0 Å². The maximum Gasteiger partial charge on any atom is 0.488 e. The molecule has 2 N–H and O–H groups in total. The highest BCUT2D eigenvalue weighted by molar-refractivity contribution is 7.87. The Balaban J connectivity index is 4.57. The van der Waals surface area contributed by atoms with Gasteiger partial charge in [0.2, 0.25) is 0 Å². The molecule has 7 nitrogen and oxygen atoms in total. The van der Waals surface area contributed by atoms with E-state index < -0.39 is 31.6 Å². The van der Waals surface area contributed by atoms with Crippen molar-refractivity contribution < 1.29 is 39.5 Å². The fourth-order valence-electron chi connectivity index (χ4n) is 0.218. The first kappa shape index (κ1) is 12.6. The van der Waals surface area contributed by atoms with Crippen molar-refractivity contribution in [3.05, 3.63) is 0 Å². The van der Waals surface area contributed by atoms with Crippen molar-refractivity contribution in [2.24, 2.45) is 0 Å². The first-order valence-electron chi connectivity index (χ1n) is 2.40. The lowest BCUT2D eigenvalue weighted by molar-refractivity contribution is -0.161. The summed E-state index contributed by atoms with van der Waals surface area (Å²) in [4.78, 5) is 0. The van der Waals surface area contributed by atoms with Crippen LogP contribution in [-0.2, 0) is 25.0 Å². The van der Waals surface area contributed by atoms with Gasteiger partial charge in [-0.25, -0.2) is 0 Å². The Hall–Kier alpha value is -0.360. The van der Waals surface area contributed by atoms with Crippen molar-refractivity contribution in [2.75, 3.05) is 5.94 Å². The van der Waals surface area contributed by atoms with Gasteiger partial charge in [-0.1, -0.05) is 0 Å². The smallest absolute Gasteiger partial charge is 0.287 e. The van der Waals surface area contributed by atoms with Crippen molar-refractivity contribution in [3.8, 4) is 0 Å². The van der Waals surface area contributed by atoms with E-state index >= 15 is 0 Å². The molecule has 0 spiro atoms. The van der Waals surface area contributed by atoms with E-state index in [1.54, 1.807) is 0 Å². The molecule has 0 aliphatic heterocycles. The van der Waals surface area contributed by atoms with Gasteiger partial charge < -0.3 is 0 Å². The minimum Gasteiger partial charge on any atom is -0.287 e. The molecule has 0 aromatic carbocycles. The Morgan fingerprint density at radius 1 is 1.15 bits per heavy atom. The molecule has 0 aliphatic rings. The average molecular weight is 242 g/mol. The normalized spacial score (nSPS) is 14.5. The second kappa shape index (κ2) is 3.42. The zero-order valence-electron chi connectivity index (χ0n) is 5.72. The van der Waals surface area contributed by atoms with Crippen LogP contribution in [0.25, 0.3) is 0 Å². The quantitative estimate of drug-likeness (QED) is 0.625. The van der Waals surface area contributed by atoms with E-state index in [-0.39, 0.29) is 0 Å². The Kier molecular flexibility index (Phi) is 3.32. The second-order valence-corrected chi connectivity index (χ2v) is 4.61. The molecule has 0 radical (unpaired) electrons. The molecule has 13 heavy (non-hydrogen) atoms. The molecule has 0 aromatic heterocycles. The molecule has 80 valence electrons. The minimum atomic E-state index is -5.86. The predicted octanol–water partition coefficient (Wildman–Crippen LogP) is -0.714. The molecule has 11 heteroatoms. The molecule has 0 aliphatic carbocycles. The van der Waals surface area contributed by atoms with Crippen LogP contribution in [0.2, 0.25) is 0 Å². The summed E-state index contributed by atoms with van der Waals surface area (Å²) >= 11 is 0. The molecule has 0 heterocycles. The lowest BCUT2D eigenvalue weighted by Crippen LogP contribution is -2.33. The standard InChI is InChI=1S/C2H4F2O7S2/c3-2(4,13(8,9)10)11-1-12(5,6)7/h1H2,(H,5,6,7)(H,8,9,10). The maximum atomic E-state index is 12.0. The number of ether oxygens (including phenoxy) is 1. The molecule has 0 atom stereocenters. The van der Waals surface area contributed by atoms with Gasteiger partial charge in [-0.2, -0.15) is 25.6 Å². The van der Waals surface area contributed by atoms with Crippen molar-refractivity contribution in [1.82, 2.24) is 0 Å². The summed E-state index contributed by atoms with van der Waals surface area (Å²) in [5.74, 6) is -1.94. The van der Waals surface area contributed by atoms with Gasteiger partial charge >= 0.3 is 15.6 Å². The molecule has 0 saturated heterocycles. The van der Waals surface area contributed by atoms with E-state index in [2.05, 4.69) is 4.74 Å². The van der Waals surface area contributed by atoms with E-state index in [1.165, 1.54) is 0 Å². The maximum absolute atomic E-state index is 12.0. The van der Waals surface area contributed by atoms with E-state index in [0.29, 0.717) is 0 Å². The Morgan fingerprint density at radius 2 is 1.54 bits per heavy atom.